The molecule has 1 aromatic heterocycles. The molecule has 2 heterocycles. The maximum Gasteiger partial charge on any atom is 0.257 e. The summed E-state index contributed by atoms with van der Waals surface area (Å²) in [6.45, 7) is 2.69. The van der Waals surface area contributed by atoms with Crippen LogP contribution in [0.15, 0.2) is 24.3 Å². The fourth-order valence-corrected chi connectivity index (χ4v) is 3.18. The Morgan fingerprint density at radius 3 is 2.52 bits per heavy atom. The first-order chi connectivity index (χ1) is 12.6. The summed E-state index contributed by atoms with van der Waals surface area (Å²) in [5.41, 5.74) is 0.134. The van der Waals surface area contributed by atoms with E-state index >= 15 is 0 Å². The molecule has 144 valence electrons. The number of aliphatic hydroxyl groups excluding tert-OH is 1. The molecule has 0 atom stereocenters. The van der Waals surface area contributed by atoms with Crippen molar-refractivity contribution < 1.29 is 24.2 Å². The molecule has 1 aromatic carbocycles. The molecule has 2 aromatic rings. The monoisotopic (exact) mass is 375 g/mol. The van der Waals surface area contributed by atoms with Crippen LogP contribution in [-0.4, -0.2) is 56.7 Å². The predicted molar refractivity (Wildman–Crippen MR) is 97.8 cm³/mol. The Bertz CT molecular complexity index is 916. The SMILES string of the molecule is CC(=O)c1cc(C(=O)N2CC(O)(CO)C2)c(Nc2ccc(C)cc2F)n1C. The number of nitrogens with one attached hydrogen (secondary N) is 1. The summed E-state index contributed by atoms with van der Waals surface area (Å²) in [5.74, 6) is -0.837. The highest BCUT2D eigenvalue weighted by molar-refractivity contribution is 6.04. The van der Waals surface area contributed by atoms with Crippen LogP contribution in [0.4, 0.5) is 15.9 Å². The second-order valence-electron chi connectivity index (χ2n) is 7.06. The first-order valence-corrected chi connectivity index (χ1v) is 8.51. The summed E-state index contributed by atoms with van der Waals surface area (Å²) in [5, 5.41) is 22.0. The first kappa shape index (κ1) is 19.1. The molecule has 0 radical (unpaired) electrons. The van der Waals surface area contributed by atoms with Crippen molar-refractivity contribution in [2.45, 2.75) is 19.4 Å². The van der Waals surface area contributed by atoms with Gasteiger partial charge in [0.25, 0.3) is 5.91 Å². The lowest BCUT2D eigenvalue weighted by molar-refractivity contribution is -0.109. The molecule has 3 N–H and O–H groups in total. The van der Waals surface area contributed by atoms with E-state index in [1.807, 2.05) is 0 Å². The van der Waals surface area contributed by atoms with E-state index in [9.17, 15) is 19.1 Å². The number of aryl methyl sites for hydroxylation is 1. The highest BCUT2D eigenvalue weighted by atomic mass is 19.1. The molecule has 0 bridgehead atoms. The van der Waals surface area contributed by atoms with Gasteiger partial charge in [-0.15, -0.1) is 0 Å². The Morgan fingerprint density at radius 2 is 1.96 bits per heavy atom. The zero-order valence-corrected chi connectivity index (χ0v) is 15.4. The third kappa shape index (κ3) is 3.45. The second-order valence-corrected chi connectivity index (χ2v) is 7.06. The topological polar surface area (TPSA) is 94.8 Å². The van der Waals surface area contributed by atoms with Crippen molar-refractivity contribution >= 4 is 23.2 Å². The lowest BCUT2D eigenvalue weighted by Crippen LogP contribution is -2.65. The Labute approximate surface area is 156 Å². The molecule has 1 fully saturated rings. The number of hydrogen-bond donors (Lipinski definition) is 3. The number of Topliss-reactive ketones (excluding diaryl/α,β-unsaturated/α-hetero) is 1. The van der Waals surface area contributed by atoms with E-state index in [-0.39, 0.29) is 35.9 Å². The summed E-state index contributed by atoms with van der Waals surface area (Å²) in [6.07, 6.45) is 0. The van der Waals surface area contributed by atoms with E-state index in [2.05, 4.69) is 5.32 Å². The van der Waals surface area contributed by atoms with Crippen molar-refractivity contribution in [1.82, 2.24) is 9.47 Å². The minimum atomic E-state index is -1.30. The van der Waals surface area contributed by atoms with Gasteiger partial charge in [0.2, 0.25) is 0 Å². The van der Waals surface area contributed by atoms with Gasteiger partial charge in [-0.25, -0.2) is 4.39 Å². The van der Waals surface area contributed by atoms with Crippen LogP contribution in [0.3, 0.4) is 0 Å². The molecule has 1 aliphatic heterocycles. The van der Waals surface area contributed by atoms with Crippen molar-refractivity contribution in [2.24, 2.45) is 7.05 Å². The van der Waals surface area contributed by atoms with Gasteiger partial charge in [0.1, 0.15) is 17.2 Å². The maximum atomic E-state index is 14.3. The number of hydrogen-bond acceptors (Lipinski definition) is 5. The van der Waals surface area contributed by atoms with Gasteiger partial charge in [0.05, 0.1) is 36.6 Å². The summed E-state index contributed by atoms with van der Waals surface area (Å²) in [4.78, 5) is 26.1. The number of amides is 1. The van der Waals surface area contributed by atoms with E-state index < -0.39 is 23.9 Å². The van der Waals surface area contributed by atoms with E-state index in [4.69, 9.17) is 5.11 Å². The molecule has 0 saturated carbocycles. The maximum absolute atomic E-state index is 14.3. The molecule has 7 nitrogen and oxygen atoms in total. The predicted octanol–water partition coefficient (Wildman–Crippen LogP) is 1.60. The molecule has 1 amide bonds. The van der Waals surface area contributed by atoms with E-state index in [1.165, 1.54) is 28.5 Å². The van der Waals surface area contributed by atoms with Gasteiger partial charge in [-0.3, -0.25) is 9.59 Å². The van der Waals surface area contributed by atoms with Gasteiger partial charge in [-0.1, -0.05) is 6.07 Å². The first-order valence-electron chi connectivity index (χ1n) is 8.51. The number of ketones is 1. The fourth-order valence-electron chi connectivity index (χ4n) is 3.18. The van der Waals surface area contributed by atoms with E-state index in [1.54, 1.807) is 26.1 Å². The molecular formula is C19H22FN3O4. The average molecular weight is 375 g/mol. The summed E-state index contributed by atoms with van der Waals surface area (Å²) < 4.78 is 15.8. The number of carbonyl (C=O) groups excluding carboxylic acids is 2. The quantitative estimate of drug-likeness (QED) is 0.690. The van der Waals surface area contributed by atoms with E-state index in [0.717, 1.165) is 5.56 Å². The van der Waals surface area contributed by atoms with Crippen LogP contribution in [0.2, 0.25) is 0 Å². The number of aromatic nitrogens is 1. The van der Waals surface area contributed by atoms with Gasteiger partial charge in [-0.05, 0) is 30.7 Å². The van der Waals surface area contributed by atoms with Crippen molar-refractivity contribution in [3.8, 4) is 0 Å². The van der Waals surface area contributed by atoms with Crippen LogP contribution in [-0.2, 0) is 7.05 Å². The van der Waals surface area contributed by atoms with Crippen molar-refractivity contribution in [3.63, 3.8) is 0 Å². The lowest BCUT2D eigenvalue weighted by Gasteiger charge is -2.45. The average Bonchev–Trinajstić information content (AvgIpc) is 2.91. The zero-order chi connectivity index (χ0) is 19.9. The number of halogens is 1. The largest absolute Gasteiger partial charge is 0.393 e. The minimum absolute atomic E-state index is 0.00896. The number of nitrogens with zero attached hydrogens (tertiary/aromatic N) is 2. The standard InChI is InChI=1S/C19H22FN3O4/c1-11-4-5-15(14(20)6-11)21-17-13(7-16(12(2)25)22(17)3)18(26)23-8-19(27,9-23)10-24/h4-7,21,24,27H,8-10H2,1-3H3. The fraction of sp³-hybridized carbons (Fsp3) is 0.368. The number of aliphatic hydroxyl groups is 2. The smallest absolute Gasteiger partial charge is 0.257 e. The number of benzene rings is 1. The Morgan fingerprint density at radius 1 is 1.30 bits per heavy atom. The second kappa shape index (κ2) is 6.79. The van der Waals surface area contributed by atoms with Crippen LogP contribution in [0.5, 0.6) is 0 Å². The molecule has 1 saturated heterocycles. The van der Waals surface area contributed by atoms with Gasteiger partial charge < -0.3 is 25.0 Å². The number of rotatable bonds is 5. The van der Waals surface area contributed by atoms with Crippen LogP contribution in [0, 0.1) is 12.7 Å². The number of β-amino-alcohol motifs (C(OH)–C–C–N with tert-alkyl or cyclic N) is 1. The van der Waals surface area contributed by atoms with Gasteiger partial charge in [-0.2, -0.15) is 0 Å². The van der Waals surface area contributed by atoms with Crippen molar-refractivity contribution in [1.29, 1.82) is 0 Å². The van der Waals surface area contributed by atoms with Gasteiger partial charge in [0.15, 0.2) is 5.78 Å². The highest BCUT2D eigenvalue weighted by Crippen LogP contribution is 2.30. The Balaban J connectivity index is 1.97. The Hall–Kier alpha value is -2.71. The molecule has 0 spiro atoms. The molecule has 3 rings (SSSR count). The number of anilines is 2. The van der Waals surface area contributed by atoms with Crippen LogP contribution in [0.25, 0.3) is 0 Å². The minimum Gasteiger partial charge on any atom is -0.393 e. The molecule has 8 heteroatoms. The van der Waals surface area contributed by atoms with Crippen LogP contribution >= 0.6 is 0 Å². The van der Waals surface area contributed by atoms with Crippen molar-refractivity contribution in [3.05, 3.63) is 46.9 Å². The Kier molecular flexibility index (Phi) is 4.79. The third-order valence-electron chi connectivity index (χ3n) is 4.75. The summed E-state index contributed by atoms with van der Waals surface area (Å²) in [6, 6.07) is 6.12. The molecule has 1 aliphatic rings. The van der Waals surface area contributed by atoms with Crippen LogP contribution in [0.1, 0.15) is 33.3 Å². The molecule has 0 unspecified atom stereocenters. The molecule has 27 heavy (non-hydrogen) atoms. The van der Waals surface area contributed by atoms with Gasteiger partial charge >= 0.3 is 0 Å². The van der Waals surface area contributed by atoms with Gasteiger partial charge in [0, 0.05) is 14.0 Å². The number of carbonyl (C=O) groups is 2. The lowest BCUT2D eigenvalue weighted by atomic mass is 9.94. The molecular weight excluding hydrogens is 353 g/mol. The highest BCUT2D eigenvalue weighted by Gasteiger charge is 2.44. The normalized spacial score (nSPS) is 15.4. The number of likely N-dealkylation sites (tertiary alicyclic amines) is 1. The van der Waals surface area contributed by atoms with Crippen molar-refractivity contribution in [2.75, 3.05) is 25.0 Å². The summed E-state index contributed by atoms with van der Waals surface area (Å²) in [7, 11) is 1.61. The third-order valence-corrected chi connectivity index (χ3v) is 4.75. The summed E-state index contributed by atoms with van der Waals surface area (Å²) >= 11 is 0. The molecule has 0 aliphatic carbocycles. The zero-order valence-electron chi connectivity index (χ0n) is 15.4. The van der Waals surface area contributed by atoms with Crippen LogP contribution < -0.4 is 5.32 Å². The van der Waals surface area contributed by atoms with E-state index in [0.29, 0.717) is 5.69 Å².